The largest absolute Gasteiger partial charge is 0.398 e. The minimum absolute atomic E-state index is 0.162. The van der Waals surface area contributed by atoms with Gasteiger partial charge in [0.2, 0.25) is 0 Å². The minimum atomic E-state index is -0.162. The van der Waals surface area contributed by atoms with E-state index in [1.165, 1.54) is 0 Å². The van der Waals surface area contributed by atoms with Crippen LogP contribution < -0.4 is 5.73 Å². The molecule has 7 heteroatoms. The van der Waals surface area contributed by atoms with Crippen LogP contribution in [0.5, 0.6) is 0 Å². The number of nitrogen functional groups attached to an aromatic ring is 1. The van der Waals surface area contributed by atoms with E-state index in [1.807, 2.05) is 40.5 Å². The number of benzene rings is 1. The zero-order chi connectivity index (χ0) is 20.8. The van der Waals surface area contributed by atoms with Crippen LogP contribution in [0.4, 0.5) is 5.69 Å². The van der Waals surface area contributed by atoms with E-state index in [2.05, 4.69) is 29.2 Å². The Balaban J connectivity index is 1.62. The number of carbonyl (C=O) groups excluding carboxylic acids is 1. The molecule has 0 spiro atoms. The van der Waals surface area contributed by atoms with E-state index < -0.39 is 0 Å². The molecular formula is C23H17N5OS. The lowest BCUT2D eigenvalue weighted by molar-refractivity contribution is 0.0794. The quantitative estimate of drug-likeness (QED) is 0.399. The average Bonchev–Trinajstić information content (AvgIpc) is 3.47. The van der Waals surface area contributed by atoms with Crippen LogP contribution in [0, 0.1) is 11.3 Å². The Morgan fingerprint density at radius 3 is 2.90 bits per heavy atom. The molecule has 30 heavy (non-hydrogen) atoms. The molecule has 0 bridgehead atoms. The third kappa shape index (κ3) is 2.78. The van der Waals surface area contributed by atoms with Crippen molar-refractivity contribution in [1.29, 1.82) is 5.26 Å². The van der Waals surface area contributed by atoms with E-state index in [4.69, 9.17) is 11.0 Å². The molecule has 0 saturated heterocycles. The van der Waals surface area contributed by atoms with E-state index in [9.17, 15) is 4.79 Å². The van der Waals surface area contributed by atoms with Gasteiger partial charge < -0.3 is 10.6 Å². The first kappa shape index (κ1) is 18.2. The molecule has 0 unspecified atom stereocenters. The van der Waals surface area contributed by atoms with Crippen LogP contribution in [0.25, 0.3) is 27.8 Å². The van der Waals surface area contributed by atoms with Gasteiger partial charge in [-0.1, -0.05) is 12.6 Å². The Labute approximate surface area is 177 Å². The van der Waals surface area contributed by atoms with Crippen LogP contribution in [0.3, 0.4) is 0 Å². The second-order valence-corrected chi connectivity index (χ2v) is 8.03. The van der Waals surface area contributed by atoms with Crippen LogP contribution in [0.2, 0.25) is 0 Å². The topological polar surface area (TPSA) is 87.4 Å². The number of anilines is 1. The molecule has 0 saturated carbocycles. The summed E-state index contributed by atoms with van der Waals surface area (Å²) in [7, 11) is 0. The molecule has 0 aliphatic carbocycles. The molecule has 0 fully saturated rings. The van der Waals surface area contributed by atoms with Crippen LogP contribution in [0.15, 0.2) is 65.6 Å². The van der Waals surface area contributed by atoms with Crippen molar-refractivity contribution in [3.05, 3.63) is 76.8 Å². The van der Waals surface area contributed by atoms with Crippen molar-refractivity contribution in [2.75, 3.05) is 12.3 Å². The highest BCUT2D eigenvalue weighted by atomic mass is 32.1. The van der Waals surface area contributed by atoms with Crippen LogP contribution in [-0.2, 0) is 6.54 Å². The van der Waals surface area contributed by atoms with Crippen molar-refractivity contribution in [1.82, 2.24) is 14.5 Å². The summed E-state index contributed by atoms with van der Waals surface area (Å²) in [5, 5.41) is 17.7. The number of thiophene rings is 1. The third-order valence-corrected chi connectivity index (χ3v) is 6.08. The number of fused-ring (bicyclic) bond motifs is 2. The number of aromatic nitrogens is 2. The molecule has 4 heterocycles. The van der Waals surface area contributed by atoms with Crippen LogP contribution in [-0.4, -0.2) is 27.0 Å². The van der Waals surface area contributed by atoms with Crippen molar-refractivity contribution >= 4 is 28.4 Å². The van der Waals surface area contributed by atoms with Gasteiger partial charge in [-0.2, -0.15) is 21.7 Å². The second-order valence-electron chi connectivity index (χ2n) is 7.25. The fraction of sp³-hybridized carbons (Fsp3) is 0.0870. The number of carbonyl (C=O) groups is 1. The van der Waals surface area contributed by atoms with E-state index in [0.29, 0.717) is 23.4 Å². The molecule has 3 aromatic heterocycles. The van der Waals surface area contributed by atoms with Gasteiger partial charge in [0.25, 0.3) is 5.91 Å². The smallest absolute Gasteiger partial charge is 0.256 e. The Hall–Kier alpha value is -3.89. The van der Waals surface area contributed by atoms with Crippen molar-refractivity contribution in [2.45, 2.75) is 6.54 Å². The molecule has 146 valence electrons. The first-order chi connectivity index (χ1) is 14.6. The molecule has 1 aliphatic heterocycles. The van der Waals surface area contributed by atoms with E-state index in [-0.39, 0.29) is 12.5 Å². The van der Waals surface area contributed by atoms with Gasteiger partial charge >= 0.3 is 0 Å². The molecular weight excluding hydrogens is 394 g/mol. The van der Waals surface area contributed by atoms with Gasteiger partial charge in [-0.15, -0.1) is 0 Å². The predicted molar refractivity (Wildman–Crippen MR) is 118 cm³/mol. The van der Waals surface area contributed by atoms with Crippen LogP contribution in [0.1, 0.15) is 15.9 Å². The van der Waals surface area contributed by atoms with Gasteiger partial charge in [0.1, 0.15) is 0 Å². The summed E-state index contributed by atoms with van der Waals surface area (Å²) in [5.41, 5.74) is 13.5. The number of hydrogen-bond acceptors (Lipinski definition) is 5. The summed E-state index contributed by atoms with van der Waals surface area (Å²) in [4.78, 5) is 14.5. The zero-order valence-corrected chi connectivity index (χ0v) is 16.8. The maximum Gasteiger partial charge on any atom is 0.256 e. The average molecular weight is 411 g/mol. The highest BCUT2D eigenvalue weighted by Gasteiger charge is 2.32. The molecule has 6 nitrogen and oxygen atoms in total. The van der Waals surface area contributed by atoms with Crippen molar-refractivity contribution < 1.29 is 4.79 Å². The fourth-order valence-electron chi connectivity index (χ4n) is 3.96. The van der Waals surface area contributed by atoms with Crippen molar-refractivity contribution in [3.63, 3.8) is 0 Å². The monoisotopic (exact) mass is 411 g/mol. The van der Waals surface area contributed by atoms with E-state index in [0.717, 1.165) is 33.3 Å². The molecule has 5 rings (SSSR count). The van der Waals surface area contributed by atoms with Crippen LogP contribution >= 0.6 is 11.3 Å². The van der Waals surface area contributed by atoms with Gasteiger partial charge in [0.05, 0.1) is 29.9 Å². The number of rotatable bonds is 4. The standard InChI is InChI=1S/C23H17N5OS/c1-14(9-24)11-27-12-19-17(2-3-20(25)22(19)23(27)29)15-4-6-28-21(8-15)18(10-26-28)16-5-7-30-13-16/h2-8,10,13H,1,11-12,25H2. The van der Waals surface area contributed by atoms with Gasteiger partial charge in [0.15, 0.2) is 0 Å². The lowest BCUT2D eigenvalue weighted by atomic mass is 9.95. The van der Waals surface area contributed by atoms with Gasteiger partial charge in [-0.3, -0.25) is 4.79 Å². The second kappa shape index (κ2) is 6.87. The maximum atomic E-state index is 12.9. The number of nitrogens with two attached hydrogens (primary N) is 1. The maximum absolute atomic E-state index is 12.9. The van der Waals surface area contributed by atoms with Crippen molar-refractivity contribution in [3.8, 4) is 28.3 Å². The Morgan fingerprint density at radius 2 is 2.13 bits per heavy atom. The number of pyridine rings is 1. The summed E-state index contributed by atoms with van der Waals surface area (Å²) < 4.78 is 1.85. The Bertz CT molecular complexity index is 1360. The van der Waals surface area contributed by atoms with E-state index in [1.54, 1.807) is 22.3 Å². The van der Waals surface area contributed by atoms with E-state index >= 15 is 0 Å². The van der Waals surface area contributed by atoms with Gasteiger partial charge in [-0.05, 0) is 57.3 Å². The van der Waals surface area contributed by atoms with Gasteiger partial charge in [0, 0.05) is 29.6 Å². The summed E-state index contributed by atoms with van der Waals surface area (Å²) in [6, 6.07) is 11.9. The molecule has 1 aliphatic rings. The number of nitrogens with zero attached hydrogens (tertiary/aromatic N) is 4. The summed E-state index contributed by atoms with van der Waals surface area (Å²) in [6.45, 7) is 4.31. The highest BCUT2D eigenvalue weighted by Crippen LogP contribution is 2.37. The van der Waals surface area contributed by atoms with Crippen molar-refractivity contribution in [2.24, 2.45) is 0 Å². The number of nitriles is 1. The minimum Gasteiger partial charge on any atom is -0.398 e. The molecule has 4 aromatic rings. The normalized spacial score (nSPS) is 12.9. The summed E-state index contributed by atoms with van der Waals surface area (Å²) in [5.74, 6) is -0.162. The fourth-order valence-corrected chi connectivity index (χ4v) is 4.61. The summed E-state index contributed by atoms with van der Waals surface area (Å²) in [6.07, 6.45) is 3.79. The lowest BCUT2D eigenvalue weighted by Gasteiger charge is -2.14. The molecule has 1 aromatic carbocycles. The molecule has 0 atom stereocenters. The lowest BCUT2D eigenvalue weighted by Crippen LogP contribution is -2.26. The number of amides is 1. The zero-order valence-electron chi connectivity index (χ0n) is 16.0. The molecule has 0 radical (unpaired) electrons. The third-order valence-electron chi connectivity index (χ3n) is 5.40. The molecule has 2 N–H and O–H groups in total. The Kier molecular flexibility index (Phi) is 4.16. The predicted octanol–water partition coefficient (Wildman–Crippen LogP) is 4.35. The number of hydrogen-bond donors (Lipinski definition) is 1. The SMILES string of the molecule is C=C(C#N)CN1Cc2c(-c3ccn4ncc(-c5ccsc5)c4c3)ccc(N)c2C1=O. The Morgan fingerprint density at radius 1 is 1.27 bits per heavy atom. The first-order valence-corrected chi connectivity index (χ1v) is 10.3. The highest BCUT2D eigenvalue weighted by molar-refractivity contribution is 7.08. The first-order valence-electron chi connectivity index (χ1n) is 9.35. The van der Waals surface area contributed by atoms with Gasteiger partial charge in [-0.25, -0.2) is 4.52 Å². The summed E-state index contributed by atoms with van der Waals surface area (Å²) >= 11 is 1.65. The molecule has 1 amide bonds.